The van der Waals surface area contributed by atoms with Crippen molar-refractivity contribution in [1.82, 2.24) is 39.8 Å². The van der Waals surface area contributed by atoms with Crippen LogP contribution in [0, 0.1) is 0 Å². The monoisotopic (exact) mass is 769 g/mol. The molecular formula is C37H40ClN11O6. The molecule has 0 bridgehead atoms. The number of benzene rings is 2. The van der Waals surface area contributed by atoms with Gasteiger partial charge >= 0.3 is 0 Å². The number of nitrogens with zero attached hydrogens (tertiary/aromatic N) is 6. The molecule has 2 aliphatic rings. The zero-order chi connectivity index (χ0) is 38.8. The number of carbonyl (C=O) groups is 4. The zero-order valence-corrected chi connectivity index (χ0v) is 31.2. The maximum absolute atomic E-state index is 13.2. The second-order valence-corrected chi connectivity index (χ2v) is 13.9. The van der Waals surface area contributed by atoms with Crippen LogP contribution in [-0.4, -0.2) is 92.2 Å². The lowest BCUT2D eigenvalue weighted by molar-refractivity contribution is -0.134. The van der Waals surface area contributed by atoms with E-state index < -0.39 is 5.92 Å². The fourth-order valence-electron chi connectivity index (χ4n) is 6.89. The molecule has 3 aromatic heterocycles. The Hall–Kier alpha value is -6.23. The first-order chi connectivity index (χ1) is 26.5. The summed E-state index contributed by atoms with van der Waals surface area (Å²) < 4.78 is 8.66. The lowest BCUT2D eigenvalue weighted by Crippen LogP contribution is -2.44. The minimum Gasteiger partial charge on any atom is -0.478 e. The summed E-state index contributed by atoms with van der Waals surface area (Å²) in [6, 6.07) is 13.0. The predicted molar refractivity (Wildman–Crippen MR) is 207 cm³/mol. The van der Waals surface area contributed by atoms with Gasteiger partial charge in [0.1, 0.15) is 5.02 Å². The lowest BCUT2D eigenvalue weighted by atomic mass is 9.93. The molecule has 0 saturated carbocycles. The molecule has 55 heavy (non-hydrogen) atoms. The van der Waals surface area contributed by atoms with Gasteiger partial charge in [-0.3, -0.25) is 34.0 Å². The van der Waals surface area contributed by atoms with Crippen molar-refractivity contribution in [3.63, 3.8) is 0 Å². The van der Waals surface area contributed by atoms with Gasteiger partial charge in [-0.25, -0.2) is 4.98 Å². The Balaban J connectivity index is 0.931. The van der Waals surface area contributed by atoms with Gasteiger partial charge in [0.15, 0.2) is 18.2 Å². The summed E-state index contributed by atoms with van der Waals surface area (Å²) in [5.74, 6) is -0.897. The number of pyridine rings is 1. The molecule has 2 fully saturated rings. The van der Waals surface area contributed by atoms with Crippen LogP contribution < -0.4 is 36.9 Å². The Morgan fingerprint density at radius 2 is 1.78 bits per heavy atom. The van der Waals surface area contributed by atoms with Crippen LogP contribution in [0.5, 0.6) is 5.75 Å². The normalized spacial score (nSPS) is 16.2. The van der Waals surface area contributed by atoms with Gasteiger partial charge in [0.25, 0.3) is 11.5 Å². The van der Waals surface area contributed by atoms with Crippen LogP contribution in [0.2, 0.25) is 5.02 Å². The van der Waals surface area contributed by atoms with Crippen LogP contribution in [0.1, 0.15) is 37.3 Å². The molecule has 286 valence electrons. The van der Waals surface area contributed by atoms with Crippen LogP contribution >= 0.6 is 11.6 Å². The van der Waals surface area contributed by atoms with Gasteiger partial charge in [0.05, 0.1) is 35.4 Å². The number of ether oxygens (including phenoxy) is 1. The molecule has 2 aromatic carbocycles. The number of hydrogen-bond donors (Lipinski definition) is 5. The fourth-order valence-corrected chi connectivity index (χ4v) is 7.03. The van der Waals surface area contributed by atoms with Crippen molar-refractivity contribution in [2.75, 3.05) is 49.2 Å². The number of aromatic nitrogens is 5. The Bertz CT molecular complexity index is 2390. The van der Waals surface area contributed by atoms with E-state index in [1.54, 1.807) is 36.0 Å². The molecule has 0 radical (unpaired) electrons. The van der Waals surface area contributed by atoms with Crippen molar-refractivity contribution in [2.24, 2.45) is 14.1 Å². The summed E-state index contributed by atoms with van der Waals surface area (Å²) in [5, 5.41) is 21.1. The van der Waals surface area contributed by atoms with Gasteiger partial charge in [-0.2, -0.15) is 10.1 Å². The van der Waals surface area contributed by atoms with Gasteiger partial charge in [-0.05, 0) is 61.7 Å². The molecule has 0 spiro atoms. The van der Waals surface area contributed by atoms with E-state index in [9.17, 15) is 24.0 Å². The highest BCUT2D eigenvalue weighted by Gasteiger charge is 2.32. The average Bonchev–Trinajstić information content (AvgIpc) is 3.50. The van der Waals surface area contributed by atoms with Crippen LogP contribution in [0.25, 0.3) is 21.8 Å². The number of aryl methyl sites for hydroxylation is 2. The lowest BCUT2D eigenvalue weighted by Gasteiger charge is -2.33. The molecule has 7 rings (SSSR count). The third-order valence-corrected chi connectivity index (χ3v) is 10.2. The van der Waals surface area contributed by atoms with Crippen LogP contribution in [0.4, 0.5) is 23.1 Å². The summed E-state index contributed by atoms with van der Waals surface area (Å²) in [6.45, 7) is 0.857. The van der Waals surface area contributed by atoms with Crippen molar-refractivity contribution in [3.05, 3.63) is 69.7 Å². The van der Waals surface area contributed by atoms with E-state index in [1.165, 1.54) is 17.8 Å². The van der Waals surface area contributed by atoms with Crippen LogP contribution in [0.15, 0.2) is 53.5 Å². The molecule has 1 atom stereocenters. The van der Waals surface area contributed by atoms with Gasteiger partial charge < -0.3 is 35.5 Å². The number of hydrogen-bond acceptors (Lipinski definition) is 12. The number of fused-ring (bicyclic) bond motifs is 2. The second kappa shape index (κ2) is 15.6. The van der Waals surface area contributed by atoms with Gasteiger partial charge in [0.2, 0.25) is 23.7 Å². The van der Waals surface area contributed by atoms with Gasteiger partial charge in [0, 0.05) is 68.8 Å². The summed E-state index contributed by atoms with van der Waals surface area (Å²) in [5.41, 5.74) is 3.40. The van der Waals surface area contributed by atoms with E-state index in [2.05, 4.69) is 41.7 Å². The molecular weight excluding hydrogens is 730 g/mol. The van der Waals surface area contributed by atoms with Crippen molar-refractivity contribution in [1.29, 1.82) is 0 Å². The summed E-state index contributed by atoms with van der Waals surface area (Å²) in [4.78, 5) is 72.2. The first kappa shape index (κ1) is 37.1. The van der Waals surface area contributed by atoms with Crippen molar-refractivity contribution < 1.29 is 23.9 Å². The molecule has 0 aliphatic carbocycles. The molecule has 18 heteroatoms. The number of carbonyl (C=O) groups excluding carboxylic acids is 4. The second-order valence-electron chi connectivity index (χ2n) is 13.5. The topological polar surface area (TPSA) is 206 Å². The molecule has 4 amide bonds. The molecule has 1 unspecified atom stereocenters. The largest absolute Gasteiger partial charge is 0.478 e. The van der Waals surface area contributed by atoms with Crippen LogP contribution in [-0.2, 0) is 33.3 Å². The fraction of sp³-hybridized carbons (Fsp3) is 0.351. The van der Waals surface area contributed by atoms with E-state index in [-0.39, 0.29) is 65.1 Å². The minimum atomic E-state index is -0.462. The van der Waals surface area contributed by atoms with E-state index >= 15 is 0 Å². The summed E-state index contributed by atoms with van der Waals surface area (Å²) >= 11 is 6.43. The standard InChI is InChI=1S/C37H40ClN11O6/c1-39-31(51)19-55-29-15-20-14-22(5-8-27(20)47(2)36(29)54)43-34-26(38)17-40-37(45-34)41-18-32(52)49-12-10-21(11-13-49)42-23-4-6-24-28(16-23)48(3)46-33(24)25-7-9-30(50)44-35(25)53/h4-6,8,14-17,21,25,42H,7,9-13,18-19H2,1-3H3,(H,39,51)(H,44,50,53)(H2,40,41,43,45). The summed E-state index contributed by atoms with van der Waals surface area (Å²) in [6.07, 6.45) is 3.68. The van der Waals surface area contributed by atoms with Crippen molar-refractivity contribution >= 4 is 80.2 Å². The molecule has 5 N–H and O–H groups in total. The van der Waals surface area contributed by atoms with Crippen molar-refractivity contribution in [2.45, 2.75) is 37.6 Å². The van der Waals surface area contributed by atoms with E-state index in [0.29, 0.717) is 54.0 Å². The SMILES string of the molecule is CNC(=O)COc1cc2cc(Nc3nc(NCC(=O)N4CCC(Nc5ccc6c(C7CCC(=O)NC7=O)nn(C)c6c5)CC4)ncc3Cl)ccc2n(C)c1=O. The Labute approximate surface area is 319 Å². The van der Waals surface area contributed by atoms with Crippen LogP contribution in [0.3, 0.4) is 0 Å². The van der Waals surface area contributed by atoms with Gasteiger partial charge in [-0.15, -0.1) is 0 Å². The average molecular weight is 770 g/mol. The minimum absolute atomic E-state index is 0.00529. The first-order valence-corrected chi connectivity index (χ1v) is 18.2. The summed E-state index contributed by atoms with van der Waals surface area (Å²) in [7, 11) is 4.95. The number of nitrogens with one attached hydrogen (secondary N) is 5. The van der Waals surface area contributed by atoms with Gasteiger partial charge in [-0.1, -0.05) is 11.6 Å². The highest BCUT2D eigenvalue weighted by atomic mass is 35.5. The maximum Gasteiger partial charge on any atom is 0.293 e. The predicted octanol–water partition coefficient (Wildman–Crippen LogP) is 2.77. The van der Waals surface area contributed by atoms with E-state index in [0.717, 1.165) is 29.4 Å². The highest BCUT2D eigenvalue weighted by Crippen LogP contribution is 2.32. The molecule has 17 nitrogen and oxygen atoms in total. The van der Waals surface area contributed by atoms with E-state index in [4.69, 9.17) is 16.3 Å². The molecule has 5 aromatic rings. The highest BCUT2D eigenvalue weighted by molar-refractivity contribution is 6.33. The zero-order valence-electron chi connectivity index (χ0n) is 30.4. The quantitative estimate of drug-likeness (QED) is 0.123. The number of likely N-dealkylation sites (N-methyl/N-ethyl adjacent to an activating group) is 1. The molecule has 2 aliphatic heterocycles. The first-order valence-electron chi connectivity index (χ1n) is 17.8. The Morgan fingerprint density at radius 1 is 1.00 bits per heavy atom. The molecule has 5 heterocycles. The number of amides is 4. The number of piperidine rings is 2. The number of anilines is 4. The molecule has 2 saturated heterocycles. The Morgan fingerprint density at radius 3 is 2.55 bits per heavy atom. The Kier molecular flexibility index (Phi) is 10.5. The van der Waals surface area contributed by atoms with Crippen molar-refractivity contribution in [3.8, 4) is 5.75 Å². The van der Waals surface area contributed by atoms with E-state index in [1.807, 2.05) is 30.1 Å². The third-order valence-electron chi connectivity index (χ3n) is 9.90. The smallest absolute Gasteiger partial charge is 0.293 e. The third kappa shape index (κ3) is 8.01. The number of likely N-dealkylation sites (tertiary alicyclic amines) is 1. The number of imide groups is 1. The number of halogens is 1. The number of rotatable bonds is 11. The maximum atomic E-state index is 13.2.